The number of pyridine rings is 1. The number of benzene rings is 1. The second kappa shape index (κ2) is 13.2. The van der Waals surface area contributed by atoms with Crippen molar-refractivity contribution in [3.8, 4) is 11.3 Å². The number of alkyl halides is 1. The zero-order valence-corrected chi connectivity index (χ0v) is 21.8. The molecule has 3 heterocycles. The molecular formula is C25H29ClFN4Na. The molecule has 1 aromatic carbocycles. The SMILES string of the molecule is C=C(CCCF)N1CCN(C)CC1.C=Cc1ccc2c(Cl)cc(-c3cc[n-]c3)nc2c1.[Na+]. The predicted octanol–water partition coefficient (Wildman–Crippen LogP) is 2.66. The van der Waals surface area contributed by atoms with Crippen LogP contribution in [0.3, 0.4) is 0 Å². The number of piperazine rings is 1. The largest absolute Gasteiger partial charge is 1.00 e. The Hall–Kier alpha value is -1.63. The molecule has 1 aliphatic heterocycles. The fourth-order valence-corrected chi connectivity index (χ4v) is 3.73. The molecule has 0 saturated carbocycles. The zero-order chi connectivity index (χ0) is 22.2. The average Bonchev–Trinajstić information content (AvgIpc) is 3.33. The number of nitrogens with zero attached hydrogens (tertiary/aromatic N) is 4. The van der Waals surface area contributed by atoms with E-state index in [1.54, 1.807) is 18.5 Å². The van der Waals surface area contributed by atoms with Gasteiger partial charge in [0, 0.05) is 37.3 Å². The summed E-state index contributed by atoms with van der Waals surface area (Å²) in [6.45, 7) is 11.8. The fourth-order valence-electron chi connectivity index (χ4n) is 3.47. The van der Waals surface area contributed by atoms with E-state index in [1.807, 2.05) is 30.3 Å². The molecule has 0 spiro atoms. The van der Waals surface area contributed by atoms with Gasteiger partial charge in [-0.15, -0.1) is 0 Å². The van der Waals surface area contributed by atoms with E-state index < -0.39 is 0 Å². The monoisotopic (exact) mass is 462 g/mol. The number of halogens is 2. The second-order valence-electron chi connectivity index (χ2n) is 7.67. The van der Waals surface area contributed by atoms with Crippen LogP contribution in [0.5, 0.6) is 0 Å². The molecule has 4 nitrogen and oxygen atoms in total. The summed E-state index contributed by atoms with van der Waals surface area (Å²) in [7, 11) is 2.13. The second-order valence-corrected chi connectivity index (χ2v) is 8.08. The Morgan fingerprint density at radius 1 is 1.22 bits per heavy atom. The van der Waals surface area contributed by atoms with Gasteiger partial charge >= 0.3 is 29.6 Å². The van der Waals surface area contributed by atoms with Crippen LogP contribution < -0.4 is 34.5 Å². The number of aromatic nitrogens is 2. The van der Waals surface area contributed by atoms with Crippen molar-refractivity contribution in [3.05, 3.63) is 72.2 Å². The molecule has 1 saturated heterocycles. The molecule has 0 aliphatic carbocycles. The van der Waals surface area contributed by atoms with Crippen LogP contribution in [0.2, 0.25) is 5.02 Å². The maximum atomic E-state index is 11.9. The molecule has 1 fully saturated rings. The minimum Gasteiger partial charge on any atom is -0.670 e. The average molecular weight is 463 g/mol. The Morgan fingerprint density at radius 3 is 2.59 bits per heavy atom. The van der Waals surface area contributed by atoms with E-state index in [0.717, 1.165) is 66.0 Å². The van der Waals surface area contributed by atoms with E-state index in [4.69, 9.17) is 11.6 Å². The standard InChI is InChI=1S/C15H10ClN2.C10H19FN2.Na/c1-2-10-3-4-12-13(16)8-14(18-15(12)7-10)11-5-6-17-9-11;1-10(4-3-5-11)13-8-6-12(2)7-9-13;/h2-9H,1H2;1,3-9H2,2H3;/q-1;;+1. The van der Waals surface area contributed by atoms with E-state index in [1.165, 1.54) is 0 Å². The molecule has 2 aromatic heterocycles. The summed E-state index contributed by atoms with van der Waals surface area (Å²) in [4.78, 5) is 13.2. The number of hydrogen-bond acceptors (Lipinski definition) is 3. The number of rotatable bonds is 6. The maximum absolute atomic E-state index is 11.9. The van der Waals surface area contributed by atoms with Gasteiger partial charge in [0.05, 0.1) is 22.9 Å². The molecule has 4 rings (SSSR count). The third kappa shape index (κ3) is 7.19. The first-order valence-corrected chi connectivity index (χ1v) is 10.9. The van der Waals surface area contributed by atoms with E-state index in [-0.39, 0.29) is 36.2 Å². The Bertz CT molecular complexity index is 1010. The summed E-state index contributed by atoms with van der Waals surface area (Å²) < 4.78 is 11.9. The quantitative estimate of drug-likeness (QED) is 0.527. The van der Waals surface area contributed by atoms with Crippen LogP contribution in [0.4, 0.5) is 4.39 Å². The van der Waals surface area contributed by atoms with E-state index in [0.29, 0.717) is 11.4 Å². The molecule has 0 radical (unpaired) electrons. The number of likely N-dealkylation sites (N-methyl/N-ethyl adjacent to an activating group) is 1. The normalized spacial score (nSPS) is 13.8. The van der Waals surface area contributed by atoms with Gasteiger partial charge in [0.25, 0.3) is 0 Å². The van der Waals surface area contributed by atoms with Crippen LogP contribution in [-0.2, 0) is 0 Å². The van der Waals surface area contributed by atoms with Crippen molar-refractivity contribution in [1.29, 1.82) is 0 Å². The van der Waals surface area contributed by atoms with Crippen LogP contribution in [0.1, 0.15) is 18.4 Å². The molecule has 164 valence electrons. The number of hydrogen-bond donors (Lipinski definition) is 0. The van der Waals surface area contributed by atoms with Gasteiger partial charge in [0.1, 0.15) is 0 Å². The van der Waals surface area contributed by atoms with Crippen molar-refractivity contribution < 1.29 is 33.9 Å². The van der Waals surface area contributed by atoms with Gasteiger partial charge in [0.15, 0.2) is 0 Å². The van der Waals surface area contributed by atoms with Crippen molar-refractivity contribution in [2.45, 2.75) is 12.8 Å². The predicted molar refractivity (Wildman–Crippen MR) is 129 cm³/mol. The summed E-state index contributed by atoms with van der Waals surface area (Å²) in [5.74, 6) is 0. The first-order chi connectivity index (χ1) is 15.0. The molecule has 0 bridgehead atoms. The van der Waals surface area contributed by atoms with Gasteiger partial charge < -0.3 is 14.8 Å². The molecule has 1 aliphatic rings. The van der Waals surface area contributed by atoms with Crippen LogP contribution in [0.15, 0.2) is 61.6 Å². The van der Waals surface area contributed by atoms with Crippen LogP contribution in [0, 0.1) is 0 Å². The molecule has 0 amide bonds. The summed E-state index contributed by atoms with van der Waals surface area (Å²) >= 11 is 6.29. The summed E-state index contributed by atoms with van der Waals surface area (Å²) in [6.07, 6.45) is 6.74. The summed E-state index contributed by atoms with van der Waals surface area (Å²) in [6, 6.07) is 9.71. The molecule has 0 atom stereocenters. The van der Waals surface area contributed by atoms with Crippen LogP contribution >= 0.6 is 11.6 Å². The molecule has 0 unspecified atom stereocenters. The van der Waals surface area contributed by atoms with Gasteiger partial charge in [-0.05, 0) is 43.1 Å². The van der Waals surface area contributed by atoms with Crippen molar-refractivity contribution in [1.82, 2.24) is 19.8 Å². The van der Waals surface area contributed by atoms with Gasteiger partial charge in [-0.1, -0.05) is 49.0 Å². The minimum atomic E-state index is -0.229. The Kier molecular flexibility index (Phi) is 11.0. The van der Waals surface area contributed by atoms with E-state index in [2.05, 4.69) is 40.0 Å². The topological polar surface area (TPSA) is 33.5 Å². The number of fused-ring (bicyclic) bond motifs is 1. The first kappa shape index (κ1) is 26.6. The van der Waals surface area contributed by atoms with Crippen molar-refractivity contribution in [3.63, 3.8) is 0 Å². The smallest absolute Gasteiger partial charge is 0.670 e. The van der Waals surface area contributed by atoms with Crippen molar-refractivity contribution >= 4 is 28.6 Å². The molecule has 3 aromatic rings. The van der Waals surface area contributed by atoms with Gasteiger partial charge in [0.2, 0.25) is 0 Å². The van der Waals surface area contributed by atoms with Crippen LogP contribution in [0.25, 0.3) is 28.2 Å². The van der Waals surface area contributed by atoms with E-state index >= 15 is 0 Å². The first-order valence-electron chi connectivity index (χ1n) is 10.5. The van der Waals surface area contributed by atoms with Crippen molar-refractivity contribution in [2.75, 3.05) is 39.9 Å². The number of allylic oxidation sites excluding steroid dienone is 1. The third-order valence-electron chi connectivity index (χ3n) is 5.42. The minimum absolute atomic E-state index is 0. The summed E-state index contributed by atoms with van der Waals surface area (Å²) in [5, 5.41) is 1.65. The molecule has 0 N–H and O–H groups in total. The van der Waals surface area contributed by atoms with Gasteiger partial charge in [-0.3, -0.25) is 4.39 Å². The third-order valence-corrected chi connectivity index (χ3v) is 5.73. The Balaban J connectivity index is 0.000000232. The fraction of sp³-hybridized carbons (Fsp3) is 0.320. The maximum Gasteiger partial charge on any atom is 1.00 e. The van der Waals surface area contributed by atoms with Gasteiger partial charge in [-0.25, -0.2) is 4.98 Å². The zero-order valence-electron chi connectivity index (χ0n) is 19.0. The molecule has 7 heteroatoms. The molecule has 32 heavy (non-hydrogen) atoms. The van der Waals surface area contributed by atoms with Crippen LogP contribution in [-0.4, -0.2) is 54.7 Å². The van der Waals surface area contributed by atoms with E-state index in [9.17, 15) is 4.39 Å². The Labute approximate surface area is 217 Å². The van der Waals surface area contributed by atoms with Crippen molar-refractivity contribution in [2.24, 2.45) is 0 Å². The van der Waals surface area contributed by atoms with Gasteiger partial charge in [-0.2, -0.15) is 12.4 Å². The Morgan fingerprint density at radius 2 is 1.97 bits per heavy atom. The molecular weight excluding hydrogens is 434 g/mol. The summed E-state index contributed by atoms with van der Waals surface area (Å²) in [5.41, 5.74) is 4.82.